The van der Waals surface area contributed by atoms with Crippen molar-refractivity contribution in [1.29, 1.82) is 0 Å². The largest absolute Gasteiger partial charge is 0 e. The third-order valence-corrected chi connectivity index (χ3v) is 2.69. The van der Waals surface area contributed by atoms with Gasteiger partial charge in [-0.3, -0.25) is 4.98 Å². The third kappa shape index (κ3) is 24.3. The molecule has 4 radical (unpaired) electrons. The first-order chi connectivity index (χ1) is 14.8. The average Bonchev–Trinajstić information content (AvgIpc) is 3.63. The van der Waals surface area contributed by atoms with Crippen molar-refractivity contribution < 1.29 is 54.6 Å². The molecule has 0 spiro atoms. The molecule has 5 rings (SSSR count). The second kappa shape index (κ2) is 26.2. The molecule has 31 heavy (non-hydrogen) atoms. The molecule has 1 aromatic heterocycles. The van der Waals surface area contributed by atoms with Crippen LogP contribution >= 0.6 is 0 Å². The van der Waals surface area contributed by atoms with Crippen molar-refractivity contribution in [3.63, 3.8) is 0 Å². The van der Waals surface area contributed by atoms with Gasteiger partial charge in [0.15, 0.2) is 12.2 Å². The van der Waals surface area contributed by atoms with Gasteiger partial charge in [0, 0.05) is 53.7 Å². The summed E-state index contributed by atoms with van der Waals surface area (Å²) >= 11 is 0.500. The normalized spacial score (nSPS) is 13.9. The van der Waals surface area contributed by atoms with Crippen molar-refractivity contribution in [3.05, 3.63) is 141 Å². The number of allylic oxidation sites excluding steroid dienone is 16. The zero-order chi connectivity index (χ0) is 22.1. The predicted molar refractivity (Wildman–Crippen MR) is 110 cm³/mol. The SMILES string of the molecule is Fc1n[c-]nc(F)n1.[CH]1C=CC=C1.[CH]1C=CC=C1.[CH]1C=CC=C1.[CH]1C=CC=C1.[F][Ti+].[Ti]. The first kappa shape index (κ1) is 31.3. The number of hydrogen-bond acceptors (Lipinski definition) is 3. The van der Waals surface area contributed by atoms with Gasteiger partial charge in [0.2, 0.25) is 0 Å². The smallest absolute Gasteiger partial charge is 0 e. The van der Waals surface area contributed by atoms with Gasteiger partial charge in [-0.15, -0.1) is 0 Å². The van der Waals surface area contributed by atoms with Crippen LogP contribution in [0.4, 0.5) is 11.9 Å². The van der Waals surface area contributed by atoms with Gasteiger partial charge in [-0.05, 0) is 0 Å². The number of aromatic nitrogens is 3. The predicted octanol–water partition coefficient (Wildman–Crippen LogP) is 5.63. The summed E-state index contributed by atoms with van der Waals surface area (Å²) in [5, 5.41) is 0. The van der Waals surface area contributed by atoms with Gasteiger partial charge >= 0.3 is 24.1 Å². The van der Waals surface area contributed by atoms with Gasteiger partial charge < -0.3 is 9.97 Å². The molecule has 0 unspecified atom stereocenters. The van der Waals surface area contributed by atoms with Crippen LogP contribution in [0.1, 0.15) is 0 Å². The molecule has 0 N–H and O–H groups in total. The average molecular weight is 491 g/mol. The van der Waals surface area contributed by atoms with E-state index in [1.165, 1.54) is 0 Å². The second-order valence-corrected chi connectivity index (χ2v) is 4.82. The van der Waals surface area contributed by atoms with Crippen molar-refractivity contribution in [2.24, 2.45) is 0 Å². The Morgan fingerprint density at radius 2 is 0.710 bits per heavy atom. The Morgan fingerprint density at radius 3 is 0.806 bits per heavy atom. The molecular weight excluding hydrogens is 471 g/mol. The molecule has 4 aliphatic carbocycles. The van der Waals surface area contributed by atoms with Crippen molar-refractivity contribution in [3.8, 4) is 0 Å². The molecular formula is C23H20F3N3Ti2. The van der Waals surface area contributed by atoms with Crippen molar-refractivity contribution in [2.45, 2.75) is 0 Å². The number of halogens is 3. The Bertz CT molecular complexity index is 639. The fourth-order valence-corrected chi connectivity index (χ4v) is 1.52. The van der Waals surface area contributed by atoms with Gasteiger partial charge in [0.25, 0.3) is 0 Å². The molecule has 4 aliphatic rings. The van der Waals surface area contributed by atoms with Crippen LogP contribution in [0.3, 0.4) is 0 Å². The van der Waals surface area contributed by atoms with Gasteiger partial charge in [-0.25, -0.2) is 8.78 Å². The summed E-state index contributed by atoms with van der Waals surface area (Å²) in [6.07, 6.45) is 39.4. The number of rotatable bonds is 0. The van der Waals surface area contributed by atoms with E-state index < -0.39 is 12.2 Å². The van der Waals surface area contributed by atoms with E-state index in [4.69, 9.17) is 0 Å². The maximum absolute atomic E-state index is 11.6. The Hall–Kier alpha value is -1.85. The third-order valence-electron chi connectivity index (χ3n) is 2.69. The van der Waals surface area contributed by atoms with Crippen LogP contribution in [-0.2, 0) is 42.7 Å². The molecule has 0 saturated heterocycles. The summed E-state index contributed by atoms with van der Waals surface area (Å²) in [7, 11) is 0. The second-order valence-electron chi connectivity index (χ2n) is 4.82. The Labute approximate surface area is 210 Å². The molecule has 0 aromatic carbocycles. The van der Waals surface area contributed by atoms with E-state index in [-0.39, 0.29) is 21.7 Å². The summed E-state index contributed by atoms with van der Waals surface area (Å²) in [5.74, 6) is 0. The molecule has 0 amide bonds. The fraction of sp³-hybridized carbons (Fsp3) is 0. The number of nitrogens with zero attached hydrogens (tertiary/aromatic N) is 3. The van der Waals surface area contributed by atoms with Crippen LogP contribution in [-0.4, -0.2) is 15.0 Å². The zero-order valence-electron chi connectivity index (χ0n) is 16.5. The van der Waals surface area contributed by atoms with E-state index in [2.05, 4.69) is 15.0 Å². The quantitative estimate of drug-likeness (QED) is 0.349. The molecule has 8 heteroatoms. The molecule has 1 aromatic rings. The summed E-state index contributed by atoms with van der Waals surface area (Å²) in [4.78, 5) is 8.16. The Balaban J connectivity index is 0. The number of hydrogen-bond donors (Lipinski definition) is 0. The maximum Gasteiger partial charge on any atom is 0 e. The topological polar surface area (TPSA) is 38.7 Å². The zero-order valence-corrected chi connectivity index (χ0v) is 19.6. The van der Waals surface area contributed by atoms with E-state index in [0.29, 0.717) is 21.0 Å². The van der Waals surface area contributed by atoms with E-state index in [9.17, 15) is 11.9 Å². The van der Waals surface area contributed by atoms with Crippen molar-refractivity contribution in [1.82, 2.24) is 15.0 Å². The van der Waals surface area contributed by atoms with Gasteiger partial charge in [0.05, 0.1) is 0 Å². The molecule has 0 saturated carbocycles. The molecule has 0 bridgehead atoms. The molecule has 3 nitrogen and oxygen atoms in total. The Kier molecular flexibility index (Phi) is 26.5. The van der Waals surface area contributed by atoms with Crippen LogP contribution in [0.5, 0.6) is 0 Å². The minimum absolute atomic E-state index is 0. The van der Waals surface area contributed by atoms with E-state index in [1.807, 2.05) is 123 Å². The molecule has 0 aliphatic heterocycles. The van der Waals surface area contributed by atoms with Crippen LogP contribution in [0.2, 0.25) is 0 Å². The monoisotopic (exact) mass is 491 g/mol. The first-order valence-corrected chi connectivity index (χ1v) is 9.17. The molecule has 156 valence electrons. The van der Waals surface area contributed by atoms with Crippen LogP contribution < -0.4 is 0 Å². The van der Waals surface area contributed by atoms with Gasteiger partial charge in [0.1, 0.15) is 0 Å². The van der Waals surface area contributed by atoms with Crippen molar-refractivity contribution >= 4 is 0 Å². The van der Waals surface area contributed by atoms with E-state index >= 15 is 0 Å². The molecule has 0 fully saturated rings. The van der Waals surface area contributed by atoms with Crippen LogP contribution in [0.25, 0.3) is 0 Å². The standard InChI is InChI=1S/4C5H5.C3F2N3.FH.2Ti/c4*1-2-4-5-3-1;4-2-6-1-7-3(5)8-2;;;/h4*1-5H;;1H;;/q;;;;-1;;;+2/p-1. The van der Waals surface area contributed by atoms with Crippen LogP contribution in [0.15, 0.2) is 97.2 Å². The Morgan fingerprint density at radius 1 is 0.484 bits per heavy atom. The summed E-state index contributed by atoms with van der Waals surface area (Å²) < 4.78 is 32.8. The minimum atomic E-state index is -1.16. The summed E-state index contributed by atoms with van der Waals surface area (Å²) in [6, 6.07) is 0. The first-order valence-electron chi connectivity index (χ1n) is 8.58. The summed E-state index contributed by atoms with van der Waals surface area (Å²) in [6.45, 7) is 0. The fourth-order valence-electron chi connectivity index (χ4n) is 1.52. The van der Waals surface area contributed by atoms with Gasteiger partial charge in [-0.1, -0.05) is 97.2 Å². The van der Waals surface area contributed by atoms with E-state index in [0.717, 1.165) is 0 Å². The maximum atomic E-state index is 11.6. The molecule has 0 atom stereocenters. The van der Waals surface area contributed by atoms with Gasteiger partial charge in [-0.2, -0.15) is 0 Å². The van der Waals surface area contributed by atoms with E-state index in [1.54, 1.807) is 6.33 Å². The minimum Gasteiger partial charge on any atom is 0 e. The van der Waals surface area contributed by atoms with Crippen LogP contribution in [0, 0.1) is 44.2 Å². The summed E-state index contributed by atoms with van der Waals surface area (Å²) in [5.41, 5.74) is 0. The molecule has 1 heterocycles. The van der Waals surface area contributed by atoms with Crippen molar-refractivity contribution in [2.75, 3.05) is 0 Å².